The fourth-order valence-electron chi connectivity index (χ4n) is 8.95. The summed E-state index contributed by atoms with van der Waals surface area (Å²) in [6, 6.07) is 73.2. The van der Waals surface area contributed by atoms with Crippen LogP contribution in [0.15, 0.2) is 211 Å². The molecule has 3 heteroatoms. The Morgan fingerprint density at radius 3 is 1.54 bits per heavy atom. The first kappa shape index (κ1) is 33.3. The molecule has 0 radical (unpaired) electrons. The second-order valence-corrected chi connectivity index (χ2v) is 15.3. The van der Waals surface area contributed by atoms with Gasteiger partial charge in [0.25, 0.3) is 0 Å². The van der Waals surface area contributed by atoms with Crippen molar-refractivity contribution in [2.75, 3.05) is 0 Å². The fraction of sp³-hybridized carbons (Fsp3) is 0. The Balaban J connectivity index is 0.878. The van der Waals surface area contributed by atoms with E-state index >= 15 is 0 Å². The highest BCUT2D eigenvalue weighted by atomic mass is 16.3. The van der Waals surface area contributed by atoms with Gasteiger partial charge in [-0.15, -0.1) is 0 Å². The summed E-state index contributed by atoms with van der Waals surface area (Å²) in [5, 5.41) is 4.91. The summed E-state index contributed by atoms with van der Waals surface area (Å²) in [5.74, 6) is 0.696. The number of nitrogens with zero attached hydrogens (tertiary/aromatic N) is 2. The molecule has 274 valence electrons. The molecule has 0 unspecified atom stereocenters. The minimum atomic E-state index is 0.696. The van der Waals surface area contributed by atoms with Crippen molar-refractivity contribution < 1.29 is 4.42 Å². The Bertz CT molecular complexity index is 3400. The zero-order valence-corrected chi connectivity index (χ0v) is 31.9. The van der Waals surface area contributed by atoms with Crippen LogP contribution in [0.5, 0.6) is 0 Å². The van der Waals surface area contributed by atoms with Crippen molar-refractivity contribution in [3.05, 3.63) is 206 Å². The third-order valence-electron chi connectivity index (χ3n) is 11.9. The number of aromatic nitrogens is 2. The van der Waals surface area contributed by atoms with Crippen molar-refractivity contribution >= 4 is 32.7 Å². The van der Waals surface area contributed by atoms with E-state index in [1.54, 1.807) is 0 Å². The molecule has 11 aromatic rings. The van der Waals surface area contributed by atoms with E-state index in [1.807, 2.05) is 18.2 Å². The second kappa shape index (κ2) is 13.4. The van der Waals surface area contributed by atoms with Gasteiger partial charge in [0, 0.05) is 27.5 Å². The molecule has 0 bridgehead atoms. The molecule has 1 aliphatic carbocycles. The van der Waals surface area contributed by atoms with Gasteiger partial charge in [-0.1, -0.05) is 176 Å². The maximum atomic E-state index is 6.37. The Labute approximate surface area is 341 Å². The zero-order chi connectivity index (χ0) is 38.9. The summed E-state index contributed by atoms with van der Waals surface area (Å²) < 4.78 is 6.37. The predicted octanol–water partition coefficient (Wildman–Crippen LogP) is 15.2. The van der Waals surface area contributed by atoms with Gasteiger partial charge in [-0.25, -0.2) is 9.97 Å². The average molecular weight is 751 g/mol. The first-order valence-corrected chi connectivity index (χ1v) is 20.1. The average Bonchev–Trinajstić information content (AvgIpc) is 3.85. The Hall–Kier alpha value is -7.88. The maximum absolute atomic E-state index is 6.37. The molecule has 2 aromatic heterocycles. The first-order chi connectivity index (χ1) is 29.2. The third-order valence-corrected chi connectivity index (χ3v) is 11.9. The van der Waals surface area contributed by atoms with Crippen LogP contribution in [0.4, 0.5) is 0 Å². The Kier molecular flexibility index (Phi) is 7.54. The molecule has 0 atom stereocenters. The van der Waals surface area contributed by atoms with E-state index in [9.17, 15) is 0 Å². The van der Waals surface area contributed by atoms with Gasteiger partial charge in [-0.2, -0.15) is 0 Å². The molecule has 59 heavy (non-hydrogen) atoms. The van der Waals surface area contributed by atoms with Gasteiger partial charge < -0.3 is 4.42 Å². The van der Waals surface area contributed by atoms with Crippen molar-refractivity contribution in [2.45, 2.75) is 0 Å². The van der Waals surface area contributed by atoms with Gasteiger partial charge >= 0.3 is 0 Å². The molecule has 0 saturated carbocycles. The van der Waals surface area contributed by atoms with E-state index in [2.05, 4.69) is 188 Å². The molecule has 0 fully saturated rings. The number of benzene rings is 9. The van der Waals surface area contributed by atoms with Gasteiger partial charge in [0.15, 0.2) is 5.82 Å². The van der Waals surface area contributed by atoms with Crippen LogP contribution >= 0.6 is 0 Å². The summed E-state index contributed by atoms with van der Waals surface area (Å²) in [6.45, 7) is 0. The van der Waals surface area contributed by atoms with Gasteiger partial charge in [0.2, 0.25) is 0 Å². The van der Waals surface area contributed by atoms with E-state index in [1.165, 1.54) is 60.7 Å². The van der Waals surface area contributed by atoms with Crippen LogP contribution in [-0.2, 0) is 0 Å². The standard InChI is InChI=1S/C56H34N2O/c1-3-11-35(12-4-1)36-25-27-40(28-26-36)51-34-50(39-13-5-2-6-14-39)57-56(58-51)43-16-9-15-41(31-43)37-21-23-38(24-22-37)42-29-30-44-48(32-42)45-18-10-19-47-54(45)49(44)33-53-55(47)46-17-7-8-20-52(46)59-53/h1-34H. The molecule has 12 rings (SSSR count). The Morgan fingerprint density at radius 1 is 0.271 bits per heavy atom. The normalized spacial score (nSPS) is 11.7. The first-order valence-electron chi connectivity index (χ1n) is 20.1. The van der Waals surface area contributed by atoms with Gasteiger partial charge in [0.1, 0.15) is 11.2 Å². The van der Waals surface area contributed by atoms with Crippen LogP contribution in [0.2, 0.25) is 0 Å². The quantitative estimate of drug-likeness (QED) is 0.170. The third kappa shape index (κ3) is 5.59. The molecule has 0 N–H and O–H groups in total. The van der Waals surface area contributed by atoms with Crippen molar-refractivity contribution in [1.29, 1.82) is 0 Å². The summed E-state index contributed by atoms with van der Waals surface area (Å²) in [6.07, 6.45) is 0. The zero-order valence-electron chi connectivity index (χ0n) is 31.9. The number of rotatable bonds is 6. The number of para-hydroxylation sites is 1. The van der Waals surface area contributed by atoms with Crippen LogP contribution in [0, 0.1) is 0 Å². The molecule has 0 spiro atoms. The van der Waals surface area contributed by atoms with Gasteiger partial charge in [-0.3, -0.25) is 0 Å². The summed E-state index contributed by atoms with van der Waals surface area (Å²) in [7, 11) is 0. The lowest BCUT2D eigenvalue weighted by atomic mass is 9.95. The van der Waals surface area contributed by atoms with Crippen LogP contribution in [-0.4, -0.2) is 9.97 Å². The smallest absolute Gasteiger partial charge is 0.160 e. The molecule has 0 saturated heterocycles. The van der Waals surface area contributed by atoms with E-state index in [4.69, 9.17) is 14.4 Å². The molecular formula is C56H34N2O. The monoisotopic (exact) mass is 750 g/mol. The highest BCUT2D eigenvalue weighted by molar-refractivity contribution is 6.28. The molecule has 0 aliphatic heterocycles. The largest absolute Gasteiger partial charge is 0.456 e. The van der Waals surface area contributed by atoms with Crippen molar-refractivity contribution in [1.82, 2.24) is 9.97 Å². The van der Waals surface area contributed by atoms with Crippen molar-refractivity contribution in [3.63, 3.8) is 0 Å². The van der Waals surface area contributed by atoms with Gasteiger partial charge in [0.05, 0.1) is 11.4 Å². The van der Waals surface area contributed by atoms with E-state index in [-0.39, 0.29) is 0 Å². The van der Waals surface area contributed by atoms with E-state index in [0.29, 0.717) is 5.82 Å². The predicted molar refractivity (Wildman–Crippen MR) is 244 cm³/mol. The Morgan fingerprint density at radius 2 is 0.797 bits per heavy atom. The molecule has 0 amide bonds. The maximum Gasteiger partial charge on any atom is 0.160 e. The highest BCUT2D eigenvalue weighted by Gasteiger charge is 2.25. The SMILES string of the molecule is c1ccc(-c2ccc(-c3cc(-c4ccccc4)nc(-c4cccc(-c5ccc(-c6ccc7c(c6)-c6cccc8c6c-7cc6oc7ccccc7c68)cc5)c4)n3)cc2)cc1. The number of hydrogen-bond acceptors (Lipinski definition) is 3. The highest BCUT2D eigenvalue weighted by Crippen LogP contribution is 2.51. The van der Waals surface area contributed by atoms with Crippen molar-refractivity contribution in [3.8, 4) is 89.5 Å². The number of hydrogen-bond donors (Lipinski definition) is 0. The van der Waals surface area contributed by atoms with Gasteiger partial charge in [-0.05, 0) is 96.7 Å². The molecular weight excluding hydrogens is 717 g/mol. The molecule has 1 aliphatic rings. The number of furan rings is 1. The lowest BCUT2D eigenvalue weighted by molar-refractivity contribution is 0.669. The summed E-state index contributed by atoms with van der Waals surface area (Å²) in [5.41, 5.74) is 18.8. The summed E-state index contributed by atoms with van der Waals surface area (Å²) in [4.78, 5) is 10.3. The van der Waals surface area contributed by atoms with Crippen molar-refractivity contribution in [2.24, 2.45) is 0 Å². The lowest BCUT2D eigenvalue weighted by Crippen LogP contribution is -1.96. The van der Waals surface area contributed by atoms with E-state index in [0.717, 1.165) is 55.8 Å². The minimum Gasteiger partial charge on any atom is -0.456 e. The van der Waals surface area contributed by atoms with Crippen LogP contribution in [0.1, 0.15) is 0 Å². The molecule has 2 heterocycles. The summed E-state index contributed by atoms with van der Waals surface area (Å²) >= 11 is 0. The topological polar surface area (TPSA) is 38.9 Å². The minimum absolute atomic E-state index is 0.696. The molecule has 3 nitrogen and oxygen atoms in total. The van der Waals surface area contributed by atoms with Crippen LogP contribution in [0.3, 0.4) is 0 Å². The second-order valence-electron chi connectivity index (χ2n) is 15.3. The van der Waals surface area contributed by atoms with Crippen LogP contribution < -0.4 is 0 Å². The van der Waals surface area contributed by atoms with E-state index < -0.39 is 0 Å². The lowest BCUT2D eigenvalue weighted by Gasteiger charge is -2.11. The fourth-order valence-corrected chi connectivity index (χ4v) is 8.95. The van der Waals surface area contributed by atoms with Crippen LogP contribution in [0.25, 0.3) is 122 Å². The number of fused-ring (bicyclic) bond motifs is 7. The molecule has 9 aromatic carbocycles.